The van der Waals surface area contributed by atoms with Crippen molar-refractivity contribution in [2.75, 3.05) is 13.2 Å². The fourth-order valence-electron chi connectivity index (χ4n) is 7.30. The minimum atomic E-state index is -0.820. The summed E-state index contributed by atoms with van der Waals surface area (Å²) in [6.45, 7) is 6.39. The number of carbonyl (C=O) groups is 3. The van der Waals surface area contributed by atoms with Crippen LogP contribution >= 0.6 is 0 Å². The highest BCUT2D eigenvalue weighted by molar-refractivity contribution is 5.71. The highest BCUT2D eigenvalue weighted by Gasteiger charge is 2.19. The SMILES string of the molecule is CC/C=C\C/C=C\C/C=C\C/C=C\C/C=C\CCCCCC(=O)OC[C@@H](COC(=O)CCCC/C=C\C/C=C\C/C=C\CCCCC)OC(=O)CCCCCCCC/C=C\C/C=C\C/C=C\CCCCC. The summed E-state index contributed by atoms with van der Waals surface area (Å²) in [6.07, 6.45) is 81.5. The van der Waals surface area contributed by atoms with Crippen LogP contribution in [0.5, 0.6) is 0 Å². The second-order valence-electron chi connectivity index (χ2n) is 18.5. The molecule has 0 N–H and O–H groups in total. The van der Waals surface area contributed by atoms with Gasteiger partial charge in [0, 0.05) is 19.3 Å². The summed E-state index contributed by atoms with van der Waals surface area (Å²) in [5.41, 5.74) is 0. The Morgan fingerprint density at radius 1 is 0.296 bits per heavy atom. The molecular weight excluding hydrogens is 877 g/mol. The minimum Gasteiger partial charge on any atom is -0.462 e. The summed E-state index contributed by atoms with van der Waals surface area (Å²) in [6, 6.07) is 0. The summed E-state index contributed by atoms with van der Waals surface area (Å²) in [4.78, 5) is 38.2. The molecule has 1 atom stereocenters. The Bertz CT molecular complexity index is 1550. The van der Waals surface area contributed by atoms with Crippen LogP contribution in [0.2, 0.25) is 0 Å². The average molecular weight is 982 g/mol. The Morgan fingerprint density at radius 3 is 0.901 bits per heavy atom. The number of ether oxygens (including phenoxy) is 3. The van der Waals surface area contributed by atoms with Gasteiger partial charge in [-0.05, 0) is 141 Å². The van der Waals surface area contributed by atoms with E-state index in [4.69, 9.17) is 14.2 Å². The van der Waals surface area contributed by atoms with Crippen molar-refractivity contribution < 1.29 is 28.6 Å². The van der Waals surface area contributed by atoms with E-state index in [2.05, 4.69) is 154 Å². The van der Waals surface area contributed by atoms with E-state index in [0.717, 1.165) is 128 Å². The van der Waals surface area contributed by atoms with E-state index in [1.807, 2.05) is 0 Å². The van der Waals surface area contributed by atoms with Crippen LogP contribution in [-0.2, 0) is 28.6 Å². The zero-order chi connectivity index (χ0) is 51.4. The first-order valence-corrected chi connectivity index (χ1v) is 28.7. The minimum absolute atomic E-state index is 0.117. The van der Waals surface area contributed by atoms with Crippen LogP contribution in [0, 0.1) is 0 Å². The molecule has 0 aliphatic heterocycles. The van der Waals surface area contributed by atoms with Crippen LogP contribution in [0.3, 0.4) is 0 Å². The molecule has 0 fully saturated rings. The van der Waals surface area contributed by atoms with Gasteiger partial charge in [-0.25, -0.2) is 0 Å². The quantitative estimate of drug-likeness (QED) is 0.0262. The standard InChI is InChI=1S/C65H104O6/c1-4-7-10-13-16-19-22-25-28-30-32-34-37-40-43-46-49-52-55-58-64(67)70-61-62(60-69-63(66)57-54-51-48-45-42-39-36-27-24-21-18-15-12-9-6-3)71-65(68)59-56-53-50-47-44-41-38-35-33-31-29-26-23-20-17-14-11-8-5-2/h7,10,16-21,25-29,32-36,40,42-43,45,62H,4-6,8-9,11-15,22-24,30-31,37-39,41,44,46-61H2,1-3H3/b10-7-,19-16-,20-17-,21-18-,28-25-,29-26-,34-32-,35-33-,36-27-,43-40-,45-42-/t62-/m1/s1. The molecule has 0 aliphatic rings. The number of hydrogen-bond donors (Lipinski definition) is 0. The molecule has 0 bridgehead atoms. The molecule has 0 rings (SSSR count). The van der Waals surface area contributed by atoms with Gasteiger partial charge in [-0.2, -0.15) is 0 Å². The molecule has 0 amide bonds. The molecule has 0 aromatic heterocycles. The third-order valence-electron chi connectivity index (χ3n) is 11.6. The second-order valence-corrected chi connectivity index (χ2v) is 18.5. The van der Waals surface area contributed by atoms with Crippen molar-refractivity contribution in [3.8, 4) is 0 Å². The number of carbonyl (C=O) groups excluding carboxylic acids is 3. The van der Waals surface area contributed by atoms with Crippen LogP contribution in [0.15, 0.2) is 134 Å². The lowest BCUT2D eigenvalue weighted by atomic mass is 10.1. The zero-order valence-electron chi connectivity index (χ0n) is 45.7. The van der Waals surface area contributed by atoms with Crippen molar-refractivity contribution in [2.24, 2.45) is 0 Å². The number of hydrogen-bond acceptors (Lipinski definition) is 6. The molecule has 400 valence electrons. The smallest absolute Gasteiger partial charge is 0.306 e. The molecule has 0 saturated heterocycles. The summed E-state index contributed by atoms with van der Waals surface area (Å²) in [7, 11) is 0. The normalized spacial score (nSPS) is 13.1. The van der Waals surface area contributed by atoms with E-state index in [1.54, 1.807) is 0 Å². The Hall–Kier alpha value is -4.45. The largest absolute Gasteiger partial charge is 0.462 e. The number of rotatable bonds is 50. The maximum absolute atomic E-state index is 12.9. The summed E-state index contributed by atoms with van der Waals surface area (Å²) >= 11 is 0. The predicted molar refractivity (Wildman–Crippen MR) is 306 cm³/mol. The lowest BCUT2D eigenvalue weighted by Crippen LogP contribution is -2.30. The Kier molecular flexibility index (Phi) is 54.5. The lowest BCUT2D eigenvalue weighted by molar-refractivity contribution is -0.167. The van der Waals surface area contributed by atoms with E-state index >= 15 is 0 Å². The van der Waals surface area contributed by atoms with E-state index < -0.39 is 6.10 Å². The topological polar surface area (TPSA) is 78.9 Å². The van der Waals surface area contributed by atoms with E-state index in [0.29, 0.717) is 25.7 Å². The first kappa shape index (κ1) is 66.6. The number of unbranched alkanes of at least 4 members (excludes halogenated alkanes) is 17. The van der Waals surface area contributed by atoms with Crippen molar-refractivity contribution in [1.82, 2.24) is 0 Å². The molecule has 0 aromatic rings. The van der Waals surface area contributed by atoms with Crippen molar-refractivity contribution in [2.45, 2.75) is 245 Å². The Balaban J connectivity index is 4.55. The average Bonchev–Trinajstić information content (AvgIpc) is 3.37. The lowest BCUT2D eigenvalue weighted by Gasteiger charge is -2.18. The van der Waals surface area contributed by atoms with Gasteiger partial charge in [0.25, 0.3) is 0 Å². The van der Waals surface area contributed by atoms with Gasteiger partial charge in [0.15, 0.2) is 6.10 Å². The third-order valence-corrected chi connectivity index (χ3v) is 11.6. The van der Waals surface area contributed by atoms with Crippen LogP contribution in [-0.4, -0.2) is 37.2 Å². The Labute approximate surface area is 436 Å². The van der Waals surface area contributed by atoms with Gasteiger partial charge < -0.3 is 14.2 Å². The zero-order valence-corrected chi connectivity index (χ0v) is 45.7. The molecule has 0 radical (unpaired) electrons. The molecule has 0 aromatic carbocycles. The molecule has 0 unspecified atom stereocenters. The van der Waals surface area contributed by atoms with Gasteiger partial charge in [0.2, 0.25) is 0 Å². The van der Waals surface area contributed by atoms with E-state index in [9.17, 15) is 14.4 Å². The third kappa shape index (κ3) is 56.3. The van der Waals surface area contributed by atoms with Crippen molar-refractivity contribution in [3.05, 3.63) is 134 Å². The fourth-order valence-corrected chi connectivity index (χ4v) is 7.30. The maximum atomic E-state index is 12.9. The number of allylic oxidation sites excluding steroid dienone is 22. The summed E-state index contributed by atoms with van der Waals surface area (Å²) < 4.78 is 16.8. The molecule has 6 nitrogen and oxygen atoms in total. The van der Waals surface area contributed by atoms with Crippen LogP contribution in [0.4, 0.5) is 0 Å². The molecule has 0 saturated carbocycles. The van der Waals surface area contributed by atoms with Crippen molar-refractivity contribution in [1.29, 1.82) is 0 Å². The number of esters is 3. The van der Waals surface area contributed by atoms with Crippen LogP contribution < -0.4 is 0 Å². The van der Waals surface area contributed by atoms with Crippen LogP contribution in [0.25, 0.3) is 0 Å². The van der Waals surface area contributed by atoms with Gasteiger partial charge in [0.05, 0.1) is 0 Å². The van der Waals surface area contributed by atoms with Crippen molar-refractivity contribution in [3.63, 3.8) is 0 Å². The maximum Gasteiger partial charge on any atom is 0.306 e. The highest BCUT2D eigenvalue weighted by Crippen LogP contribution is 2.13. The van der Waals surface area contributed by atoms with E-state index in [1.165, 1.54) is 64.2 Å². The van der Waals surface area contributed by atoms with Gasteiger partial charge >= 0.3 is 17.9 Å². The predicted octanol–water partition coefficient (Wildman–Crippen LogP) is 19.4. The molecule has 0 aliphatic carbocycles. The van der Waals surface area contributed by atoms with Gasteiger partial charge in [0.1, 0.15) is 13.2 Å². The van der Waals surface area contributed by atoms with Crippen molar-refractivity contribution >= 4 is 17.9 Å². The molecule has 0 spiro atoms. The second kappa shape index (κ2) is 58.1. The monoisotopic (exact) mass is 981 g/mol. The molecule has 0 heterocycles. The van der Waals surface area contributed by atoms with Crippen LogP contribution in [0.1, 0.15) is 239 Å². The molecule has 71 heavy (non-hydrogen) atoms. The summed E-state index contributed by atoms with van der Waals surface area (Å²) in [5.74, 6) is -1.00. The first-order valence-electron chi connectivity index (χ1n) is 28.7. The fraction of sp³-hybridized carbons (Fsp3) is 0.615. The Morgan fingerprint density at radius 2 is 0.549 bits per heavy atom. The first-order chi connectivity index (χ1) is 35.0. The van der Waals surface area contributed by atoms with Gasteiger partial charge in [-0.15, -0.1) is 0 Å². The van der Waals surface area contributed by atoms with Gasteiger partial charge in [-0.3, -0.25) is 14.4 Å². The highest BCUT2D eigenvalue weighted by atomic mass is 16.6. The molecular formula is C65H104O6. The van der Waals surface area contributed by atoms with Gasteiger partial charge in [-0.1, -0.05) is 212 Å². The van der Waals surface area contributed by atoms with E-state index in [-0.39, 0.29) is 31.1 Å². The summed E-state index contributed by atoms with van der Waals surface area (Å²) in [5, 5.41) is 0. The molecule has 6 heteroatoms.